The molecule has 1 saturated heterocycles. The van der Waals surface area contributed by atoms with E-state index in [9.17, 15) is 13.2 Å². The molecule has 5 heterocycles. The number of carbonyl (C=O) groups excluding carboxylic acids is 1. The Labute approximate surface area is 269 Å². The maximum absolute atomic E-state index is 13.0. The van der Waals surface area contributed by atoms with Crippen LogP contribution in [-0.2, 0) is 19.5 Å². The van der Waals surface area contributed by atoms with Gasteiger partial charge in [0.25, 0.3) is 10.0 Å². The average Bonchev–Trinajstić information content (AvgIpc) is 3.75. The number of carbonyl (C=O) groups is 1. The molecule has 0 saturated carbocycles. The topological polar surface area (TPSA) is 162 Å². The molecule has 6 rings (SSSR count). The van der Waals surface area contributed by atoms with Gasteiger partial charge in [0.1, 0.15) is 5.82 Å². The Balaban J connectivity index is 1.26. The third-order valence-corrected chi connectivity index (χ3v) is 9.62. The fourth-order valence-electron chi connectivity index (χ4n) is 4.68. The number of rotatable bonds is 10. The number of aromatic nitrogens is 4. The van der Waals surface area contributed by atoms with Crippen LogP contribution >= 0.6 is 11.3 Å². The van der Waals surface area contributed by atoms with E-state index in [4.69, 9.17) is 19.1 Å². The highest BCUT2D eigenvalue weighted by Crippen LogP contribution is 2.39. The molecule has 1 aliphatic rings. The van der Waals surface area contributed by atoms with Crippen LogP contribution in [0.4, 0.5) is 23.1 Å². The van der Waals surface area contributed by atoms with Crippen LogP contribution in [0.1, 0.15) is 35.3 Å². The maximum atomic E-state index is 13.0. The first kappa shape index (κ1) is 31.1. The van der Waals surface area contributed by atoms with E-state index in [0.717, 1.165) is 34.5 Å². The number of furan rings is 1. The van der Waals surface area contributed by atoms with E-state index in [2.05, 4.69) is 43.5 Å². The van der Waals surface area contributed by atoms with E-state index >= 15 is 0 Å². The Morgan fingerprint density at radius 2 is 1.85 bits per heavy atom. The predicted molar refractivity (Wildman–Crippen MR) is 174 cm³/mol. The highest BCUT2D eigenvalue weighted by atomic mass is 32.2. The lowest BCUT2D eigenvalue weighted by molar-refractivity contribution is 0.0559. The number of morpholine rings is 1. The minimum Gasteiger partial charge on any atom is -0.463 e. The van der Waals surface area contributed by atoms with Gasteiger partial charge in [-0.25, -0.2) is 24.7 Å². The summed E-state index contributed by atoms with van der Waals surface area (Å²) in [6, 6.07) is 15.0. The number of sulfonamides is 1. The molecule has 15 heteroatoms. The number of esters is 1. The highest BCUT2D eigenvalue weighted by molar-refractivity contribution is 7.92. The standard InChI is InChI=1S/C31H31N7O6S2/c1-19(2)29-36-27(20-5-4-6-21(17-20)37-46(40,41)26-10-8-24(44-26)30(39)42-3)28(45-29)23-11-12-32-31(35-23)34-22-7-9-25(33-18-22)38-13-15-43-16-14-38/h4-12,17-19,37H,13-16H2,1-3H3,(H,32,34,35). The van der Waals surface area contributed by atoms with E-state index in [1.165, 1.54) is 30.6 Å². The summed E-state index contributed by atoms with van der Waals surface area (Å²) >= 11 is 1.52. The minimum absolute atomic E-state index is 0.151. The Hall–Kier alpha value is -4.86. The van der Waals surface area contributed by atoms with Crippen LogP contribution in [0.15, 0.2) is 76.5 Å². The Kier molecular flexibility index (Phi) is 8.96. The number of nitrogens with zero attached hydrogens (tertiary/aromatic N) is 5. The molecule has 0 spiro atoms. The Morgan fingerprint density at radius 3 is 2.59 bits per heavy atom. The van der Waals surface area contributed by atoms with Crippen molar-refractivity contribution in [3.8, 4) is 21.8 Å². The van der Waals surface area contributed by atoms with Crippen molar-refractivity contribution in [2.45, 2.75) is 24.9 Å². The molecule has 0 bridgehead atoms. The van der Waals surface area contributed by atoms with Gasteiger partial charge in [-0.05, 0) is 42.5 Å². The molecule has 13 nitrogen and oxygen atoms in total. The molecule has 5 aromatic rings. The minimum atomic E-state index is -4.13. The van der Waals surface area contributed by atoms with Gasteiger partial charge >= 0.3 is 5.97 Å². The van der Waals surface area contributed by atoms with Gasteiger partial charge in [-0.15, -0.1) is 11.3 Å². The third kappa shape index (κ3) is 6.85. The van der Waals surface area contributed by atoms with E-state index in [1.54, 1.807) is 30.6 Å². The van der Waals surface area contributed by atoms with Crippen LogP contribution in [-0.4, -0.2) is 67.7 Å². The predicted octanol–water partition coefficient (Wildman–Crippen LogP) is 5.55. The Morgan fingerprint density at radius 1 is 1.02 bits per heavy atom. The second kappa shape index (κ2) is 13.2. The lowest BCUT2D eigenvalue weighted by Crippen LogP contribution is -2.36. The number of methoxy groups -OCH3 is 1. The van der Waals surface area contributed by atoms with Gasteiger partial charge in [0.2, 0.25) is 16.8 Å². The molecule has 0 amide bonds. The van der Waals surface area contributed by atoms with Gasteiger partial charge in [-0.2, -0.15) is 8.42 Å². The summed E-state index contributed by atoms with van der Waals surface area (Å²) in [6.45, 7) is 7.09. The lowest BCUT2D eigenvalue weighted by atomic mass is 10.1. The van der Waals surface area contributed by atoms with E-state index in [-0.39, 0.29) is 17.4 Å². The molecular weight excluding hydrogens is 631 g/mol. The number of benzene rings is 1. The number of hydrogen-bond donors (Lipinski definition) is 2. The van der Waals surface area contributed by atoms with Crippen molar-refractivity contribution in [3.05, 3.63) is 77.8 Å². The molecule has 0 radical (unpaired) electrons. The van der Waals surface area contributed by atoms with E-state index < -0.39 is 21.1 Å². The summed E-state index contributed by atoms with van der Waals surface area (Å²) in [6.07, 6.45) is 3.43. The molecule has 1 aliphatic heterocycles. The number of ether oxygens (including phenoxy) is 2. The van der Waals surface area contributed by atoms with Gasteiger partial charge in [0, 0.05) is 36.5 Å². The quantitative estimate of drug-likeness (QED) is 0.180. The zero-order valence-corrected chi connectivity index (χ0v) is 26.9. The summed E-state index contributed by atoms with van der Waals surface area (Å²) in [5.74, 6) is 0.443. The largest absolute Gasteiger partial charge is 0.463 e. The summed E-state index contributed by atoms with van der Waals surface area (Å²) in [5.41, 5.74) is 3.03. The monoisotopic (exact) mass is 661 g/mol. The van der Waals surface area contributed by atoms with E-state index in [0.29, 0.717) is 36.1 Å². The molecule has 4 aromatic heterocycles. The first-order valence-corrected chi connectivity index (χ1v) is 16.7. The molecule has 1 fully saturated rings. The van der Waals surface area contributed by atoms with E-state index in [1.807, 2.05) is 24.3 Å². The first-order valence-electron chi connectivity index (χ1n) is 14.4. The van der Waals surface area contributed by atoms with Crippen molar-refractivity contribution >= 4 is 50.5 Å². The number of thiazole rings is 1. The molecule has 46 heavy (non-hydrogen) atoms. The fourth-order valence-corrected chi connectivity index (χ4v) is 6.72. The normalized spacial score (nSPS) is 13.5. The maximum Gasteiger partial charge on any atom is 0.374 e. The van der Waals surface area contributed by atoms with Crippen LogP contribution in [0.5, 0.6) is 0 Å². The summed E-state index contributed by atoms with van der Waals surface area (Å²) < 4.78 is 43.8. The molecule has 2 N–H and O–H groups in total. The lowest BCUT2D eigenvalue weighted by Gasteiger charge is -2.27. The van der Waals surface area contributed by atoms with Crippen molar-refractivity contribution in [2.75, 3.05) is 48.4 Å². The van der Waals surface area contributed by atoms with Gasteiger partial charge < -0.3 is 24.1 Å². The Bertz CT molecular complexity index is 1950. The molecule has 0 atom stereocenters. The molecular formula is C31H31N7O6S2. The zero-order chi connectivity index (χ0) is 32.3. The molecule has 0 aliphatic carbocycles. The van der Waals surface area contributed by atoms with Crippen molar-refractivity contribution in [1.29, 1.82) is 0 Å². The summed E-state index contributed by atoms with van der Waals surface area (Å²) in [7, 11) is -2.95. The smallest absolute Gasteiger partial charge is 0.374 e. The average molecular weight is 662 g/mol. The van der Waals surface area contributed by atoms with Gasteiger partial charge in [0.15, 0.2) is 0 Å². The van der Waals surface area contributed by atoms with Gasteiger partial charge in [0.05, 0.1) is 53.5 Å². The number of hydrogen-bond acceptors (Lipinski definition) is 13. The third-order valence-electron chi connectivity index (χ3n) is 6.99. The van der Waals surface area contributed by atoms with Crippen molar-refractivity contribution < 1.29 is 27.1 Å². The summed E-state index contributed by atoms with van der Waals surface area (Å²) in [4.78, 5) is 33.4. The van der Waals surface area contributed by atoms with Crippen LogP contribution < -0.4 is 14.9 Å². The van der Waals surface area contributed by atoms with Crippen LogP contribution in [0.25, 0.3) is 21.8 Å². The molecule has 1 aromatic carbocycles. The van der Waals surface area contributed by atoms with Crippen molar-refractivity contribution in [3.63, 3.8) is 0 Å². The van der Waals surface area contributed by atoms with Crippen LogP contribution in [0.2, 0.25) is 0 Å². The van der Waals surface area contributed by atoms with Gasteiger partial charge in [-0.1, -0.05) is 26.0 Å². The first-order chi connectivity index (χ1) is 22.2. The zero-order valence-electron chi connectivity index (χ0n) is 25.3. The summed E-state index contributed by atoms with van der Waals surface area (Å²) in [5, 5.41) is 3.72. The number of pyridine rings is 1. The number of nitrogens with one attached hydrogen (secondary N) is 2. The highest BCUT2D eigenvalue weighted by Gasteiger charge is 2.23. The second-order valence-corrected chi connectivity index (χ2v) is 13.2. The molecule has 0 unspecified atom stereocenters. The van der Waals surface area contributed by atoms with Crippen molar-refractivity contribution in [1.82, 2.24) is 19.9 Å². The number of anilines is 4. The van der Waals surface area contributed by atoms with Crippen LogP contribution in [0, 0.1) is 0 Å². The second-order valence-electron chi connectivity index (χ2n) is 10.6. The fraction of sp³-hybridized carbons (Fsp3) is 0.258. The molecule has 238 valence electrons. The van der Waals surface area contributed by atoms with Crippen LogP contribution in [0.3, 0.4) is 0 Å². The van der Waals surface area contributed by atoms with Gasteiger partial charge in [-0.3, -0.25) is 4.72 Å². The van der Waals surface area contributed by atoms with Crippen molar-refractivity contribution in [2.24, 2.45) is 0 Å². The SMILES string of the molecule is COC(=O)c1ccc(S(=O)(=O)Nc2cccc(-c3nc(C(C)C)sc3-c3ccnc(Nc4ccc(N5CCOCC5)nc4)n3)c2)o1.